The number of aliphatic carboxylic acids is 1. The van der Waals surface area contributed by atoms with Crippen LogP contribution in [0.4, 0.5) is 0 Å². The summed E-state index contributed by atoms with van der Waals surface area (Å²) < 4.78 is 5.47. The summed E-state index contributed by atoms with van der Waals surface area (Å²) in [5, 5.41) is 11.6. The molecule has 1 aromatic carbocycles. The number of amides is 1. The lowest BCUT2D eigenvalue weighted by Gasteiger charge is -2.15. The third-order valence-electron chi connectivity index (χ3n) is 3.17. The number of carbonyl (C=O) groups is 2. The topological polar surface area (TPSA) is 75.6 Å². The minimum absolute atomic E-state index is 0.214. The number of nitrogens with one attached hydrogen (secondary N) is 1. The van der Waals surface area contributed by atoms with Gasteiger partial charge in [0.1, 0.15) is 11.8 Å². The third-order valence-corrected chi connectivity index (χ3v) is 3.17. The van der Waals surface area contributed by atoms with Crippen molar-refractivity contribution in [1.82, 2.24) is 5.32 Å². The van der Waals surface area contributed by atoms with E-state index in [4.69, 9.17) is 9.84 Å². The Morgan fingerprint density at radius 2 is 2.11 bits per heavy atom. The highest BCUT2D eigenvalue weighted by atomic mass is 16.5. The molecule has 2 rings (SSSR count). The van der Waals surface area contributed by atoms with Gasteiger partial charge in [-0.15, -0.1) is 0 Å². The molecule has 1 aliphatic heterocycles. The summed E-state index contributed by atoms with van der Waals surface area (Å²) in [5.41, 5.74) is 0.842. The summed E-state index contributed by atoms with van der Waals surface area (Å²) in [5.74, 6) is -0.772. The maximum atomic E-state index is 11.4. The molecule has 2 unspecified atom stereocenters. The number of carboxylic acid groups (broad SMARTS) is 1. The lowest BCUT2D eigenvalue weighted by molar-refractivity contribution is -0.140. The zero-order valence-electron chi connectivity index (χ0n) is 10.8. The van der Waals surface area contributed by atoms with Crippen molar-refractivity contribution in [3.05, 3.63) is 29.8 Å². The fourth-order valence-corrected chi connectivity index (χ4v) is 2.23. The zero-order chi connectivity index (χ0) is 13.8. The van der Waals surface area contributed by atoms with Crippen LogP contribution in [0.5, 0.6) is 5.75 Å². The van der Waals surface area contributed by atoms with Crippen LogP contribution < -0.4 is 10.1 Å². The van der Waals surface area contributed by atoms with Crippen LogP contribution in [0.25, 0.3) is 0 Å². The number of ether oxygens (including phenoxy) is 1. The number of hydrogen-bond acceptors (Lipinski definition) is 3. The van der Waals surface area contributed by atoms with Gasteiger partial charge in [-0.1, -0.05) is 19.1 Å². The molecule has 1 heterocycles. The molecular formula is C14H17NO4. The van der Waals surface area contributed by atoms with E-state index in [0.717, 1.165) is 17.7 Å². The van der Waals surface area contributed by atoms with Crippen molar-refractivity contribution in [3.8, 4) is 5.75 Å². The molecule has 1 saturated heterocycles. The predicted molar refractivity (Wildman–Crippen MR) is 69.2 cm³/mol. The molecule has 1 aromatic rings. The maximum absolute atomic E-state index is 11.4. The van der Waals surface area contributed by atoms with Gasteiger partial charge in [-0.25, -0.2) is 4.79 Å². The molecule has 1 aliphatic rings. The van der Waals surface area contributed by atoms with Crippen LogP contribution in [0.3, 0.4) is 0 Å². The summed E-state index contributed by atoms with van der Waals surface area (Å²) in [6.45, 7) is 2.68. The highest BCUT2D eigenvalue weighted by molar-refractivity contribution is 5.89. The highest BCUT2D eigenvalue weighted by Gasteiger charge is 2.38. The van der Waals surface area contributed by atoms with Gasteiger partial charge < -0.3 is 15.2 Å². The van der Waals surface area contributed by atoms with E-state index < -0.39 is 12.0 Å². The van der Waals surface area contributed by atoms with Gasteiger partial charge in [0.2, 0.25) is 5.91 Å². The molecule has 0 bridgehead atoms. The van der Waals surface area contributed by atoms with Gasteiger partial charge in [0, 0.05) is 12.3 Å². The van der Waals surface area contributed by atoms with Crippen LogP contribution >= 0.6 is 0 Å². The van der Waals surface area contributed by atoms with Crippen molar-refractivity contribution in [2.24, 2.45) is 0 Å². The van der Waals surface area contributed by atoms with Gasteiger partial charge in [0.15, 0.2) is 0 Å². The van der Waals surface area contributed by atoms with Crippen molar-refractivity contribution >= 4 is 11.9 Å². The van der Waals surface area contributed by atoms with Crippen LogP contribution in [0.2, 0.25) is 0 Å². The van der Waals surface area contributed by atoms with E-state index in [9.17, 15) is 9.59 Å². The van der Waals surface area contributed by atoms with Gasteiger partial charge in [0.25, 0.3) is 0 Å². The monoisotopic (exact) mass is 263 g/mol. The third kappa shape index (κ3) is 3.05. The molecule has 102 valence electrons. The Kier molecular flexibility index (Phi) is 4.04. The van der Waals surface area contributed by atoms with Gasteiger partial charge in [0.05, 0.1) is 6.61 Å². The summed E-state index contributed by atoms with van der Waals surface area (Å²) in [4.78, 5) is 22.5. The Morgan fingerprint density at radius 1 is 1.42 bits per heavy atom. The molecule has 1 amide bonds. The van der Waals surface area contributed by atoms with Crippen molar-refractivity contribution in [2.45, 2.75) is 31.7 Å². The lowest BCUT2D eigenvalue weighted by atomic mass is 9.92. The Balaban J connectivity index is 2.12. The Bertz CT molecular complexity index is 469. The number of hydrogen-bond donors (Lipinski definition) is 2. The molecule has 5 heteroatoms. The first-order valence-electron chi connectivity index (χ1n) is 6.36. The molecular weight excluding hydrogens is 246 g/mol. The summed E-state index contributed by atoms with van der Waals surface area (Å²) >= 11 is 0. The second-order valence-corrected chi connectivity index (χ2v) is 4.61. The average molecular weight is 263 g/mol. The largest absolute Gasteiger partial charge is 0.494 e. The summed E-state index contributed by atoms with van der Waals surface area (Å²) in [7, 11) is 0. The predicted octanol–water partition coefficient (Wildman–Crippen LogP) is 1.53. The van der Waals surface area contributed by atoms with Crippen LogP contribution in [-0.4, -0.2) is 29.6 Å². The van der Waals surface area contributed by atoms with E-state index in [1.54, 1.807) is 0 Å². The molecule has 0 aromatic heterocycles. The van der Waals surface area contributed by atoms with Crippen molar-refractivity contribution in [2.75, 3.05) is 6.61 Å². The molecule has 5 nitrogen and oxygen atoms in total. The van der Waals surface area contributed by atoms with E-state index >= 15 is 0 Å². The molecule has 2 atom stereocenters. The standard InChI is InChI=1S/C14H17NO4/c1-2-7-19-10-5-3-9(4-6-10)11-8-12(16)15-13(11)14(17)18/h3-6,11,13H,2,7-8H2,1H3,(H,15,16)(H,17,18). The SMILES string of the molecule is CCCOc1ccc(C2CC(=O)NC2C(=O)O)cc1. The first kappa shape index (κ1) is 13.4. The first-order valence-corrected chi connectivity index (χ1v) is 6.36. The lowest BCUT2D eigenvalue weighted by Crippen LogP contribution is -2.35. The van der Waals surface area contributed by atoms with Crippen LogP contribution in [-0.2, 0) is 9.59 Å². The van der Waals surface area contributed by atoms with Crippen LogP contribution in [0.1, 0.15) is 31.2 Å². The summed E-state index contributed by atoms with van der Waals surface area (Å²) in [6, 6.07) is 6.44. The van der Waals surface area contributed by atoms with Crippen molar-refractivity contribution < 1.29 is 19.4 Å². The zero-order valence-corrected chi connectivity index (χ0v) is 10.8. The van der Waals surface area contributed by atoms with Crippen LogP contribution in [0, 0.1) is 0 Å². The van der Waals surface area contributed by atoms with Crippen molar-refractivity contribution in [3.63, 3.8) is 0 Å². The molecule has 1 fully saturated rings. The van der Waals surface area contributed by atoms with E-state index in [1.165, 1.54) is 0 Å². The Morgan fingerprint density at radius 3 is 2.68 bits per heavy atom. The molecule has 19 heavy (non-hydrogen) atoms. The van der Waals surface area contributed by atoms with E-state index in [2.05, 4.69) is 5.32 Å². The highest BCUT2D eigenvalue weighted by Crippen LogP contribution is 2.29. The van der Waals surface area contributed by atoms with E-state index in [-0.39, 0.29) is 18.2 Å². The molecule has 0 aliphatic carbocycles. The van der Waals surface area contributed by atoms with Gasteiger partial charge in [-0.3, -0.25) is 4.79 Å². The minimum atomic E-state index is -0.998. The number of carbonyl (C=O) groups excluding carboxylic acids is 1. The smallest absolute Gasteiger partial charge is 0.326 e. The fourth-order valence-electron chi connectivity index (χ4n) is 2.23. The fraction of sp³-hybridized carbons (Fsp3) is 0.429. The van der Waals surface area contributed by atoms with Crippen molar-refractivity contribution in [1.29, 1.82) is 0 Å². The maximum Gasteiger partial charge on any atom is 0.326 e. The average Bonchev–Trinajstić information content (AvgIpc) is 2.79. The normalized spacial score (nSPS) is 22.1. The first-order chi connectivity index (χ1) is 9.11. The number of carboxylic acids is 1. The Hall–Kier alpha value is -2.04. The summed E-state index contributed by atoms with van der Waals surface area (Å²) in [6.07, 6.45) is 1.15. The second kappa shape index (κ2) is 5.73. The molecule has 0 saturated carbocycles. The minimum Gasteiger partial charge on any atom is -0.494 e. The van der Waals surface area contributed by atoms with Crippen LogP contribution in [0.15, 0.2) is 24.3 Å². The van der Waals surface area contributed by atoms with Gasteiger partial charge >= 0.3 is 5.97 Å². The van der Waals surface area contributed by atoms with E-state index in [0.29, 0.717) is 6.61 Å². The number of benzene rings is 1. The van der Waals surface area contributed by atoms with E-state index in [1.807, 2.05) is 31.2 Å². The number of rotatable bonds is 5. The molecule has 0 spiro atoms. The Labute approximate surface area is 111 Å². The quantitative estimate of drug-likeness (QED) is 0.844. The van der Waals surface area contributed by atoms with Gasteiger partial charge in [-0.2, -0.15) is 0 Å². The molecule has 0 radical (unpaired) electrons. The van der Waals surface area contributed by atoms with Gasteiger partial charge in [-0.05, 0) is 24.1 Å². The second-order valence-electron chi connectivity index (χ2n) is 4.61. The molecule has 2 N–H and O–H groups in total.